The number of aryl methyl sites for hydroxylation is 1. The van der Waals surface area contributed by atoms with Gasteiger partial charge in [0.15, 0.2) is 11.5 Å². The zero-order chi connectivity index (χ0) is 19.7. The average molecular weight is 393 g/mol. The van der Waals surface area contributed by atoms with E-state index in [1.165, 1.54) is 12.3 Å². The average Bonchev–Trinajstić information content (AvgIpc) is 3.35. The third-order valence-electron chi connectivity index (χ3n) is 4.20. The van der Waals surface area contributed by atoms with Crippen LogP contribution in [0.1, 0.15) is 10.5 Å². The van der Waals surface area contributed by atoms with Crippen LogP contribution in [0.3, 0.4) is 0 Å². The van der Waals surface area contributed by atoms with Crippen LogP contribution in [-0.2, 0) is 7.05 Å². The van der Waals surface area contributed by atoms with Crippen molar-refractivity contribution in [3.05, 3.63) is 71.9 Å². The summed E-state index contributed by atoms with van der Waals surface area (Å²) in [6.07, 6.45) is 4.79. The van der Waals surface area contributed by atoms with Gasteiger partial charge >= 0.3 is 0 Å². The van der Waals surface area contributed by atoms with Crippen LogP contribution in [0, 0.1) is 5.82 Å². The Hall–Kier alpha value is -3.52. The quantitative estimate of drug-likeness (QED) is 0.509. The SMILES string of the molecule is Cn1cc(-c2cnc(C(=O)Nc3cc(-c4cccs4)ccc3N)c(F)c2)cn1. The number of carbonyl (C=O) groups excluding carboxylic acids is 1. The molecule has 0 aliphatic carbocycles. The normalized spacial score (nSPS) is 10.8. The van der Waals surface area contributed by atoms with E-state index in [-0.39, 0.29) is 5.69 Å². The number of aromatic nitrogens is 3. The number of amides is 1. The van der Waals surface area contributed by atoms with Gasteiger partial charge in [0.2, 0.25) is 0 Å². The first-order chi connectivity index (χ1) is 13.5. The molecule has 140 valence electrons. The number of nitrogen functional groups attached to an aromatic ring is 1. The highest BCUT2D eigenvalue weighted by Gasteiger charge is 2.17. The van der Waals surface area contributed by atoms with Gasteiger partial charge in [-0.1, -0.05) is 12.1 Å². The van der Waals surface area contributed by atoms with Crippen LogP contribution in [0.5, 0.6) is 0 Å². The molecule has 0 atom stereocenters. The third-order valence-corrected chi connectivity index (χ3v) is 5.12. The van der Waals surface area contributed by atoms with Crippen molar-refractivity contribution in [2.45, 2.75) is 0 Å². The number of nitrogens with two attached hydrogens (primary N) is 1. The molecule has 28 heavy (non-hydrogen) atoms. The van der Waals surface area contributed by atoms with Crippen molar-refractivity contribution >= 4 is 28.6 Å². The monoisotopic (exact) mass is 393 g/mol. The van der Waals surface area contributed by atoms with E-state index < -0.39 is 11.7 Å². The van der Waals surface area contributed by atoms with Crippen molar-refractivity contribution in [2.75, 3.05) is 11.1 Å². The smallest absolute Gasteiger partial charge is 0.277 e. The van der Waals surface area contributed by atoms with Crippen molar-refractivity contribution < 1.29 is 9.18 Å². The summed E-state index contributed by atoms with van der Waals surface area (Å²) in [5.74, 6) is -1.38. The lowest BCUT2D eigenvalue weighted by Crippen LogP contribution is -2.16. The largest absolute Gasteiger partial charge is 0.397 e. The van der Waals surface area contributed by atoms with Crippen molar-refractivity contribution in [3.63, 3.8) is 0 Å². The Bertz CT molecular complexity index is 1150. The first-order valence-corrected chi connectivity index (χ1v) is 9.28. The minimum absolute atomic E-state index is 0.298. The van der Waals surface area contributed by atoms with Crippen LogP contribution in [0.4, 0.5) is 15.8 Å². The molecule has 0 aliphatic heterocycles. The summed E-state index contributed by atoms with van der Waals surface area (Å²) >= 11 is 1.58. The number of thiophene rings is 1. The summed E-state index contributed by atoms with van der Waals surface area (Å²) in [7, 11) is 1.77. The summed E-state index contributed by atoms with van der Waals surface area (Å²) in [5.41, 5.74) is 8.65. The third kappa shape index (κ3) is 3.49. The van der Waals surface area contributed by atoms with E-state index in [1.54, 1.807) is 47.6 Å². The lowest BCUT2D eigenvalue weighted by Gasteiger charge is -2.10. The van der Waals surface area contributed by atoms with Gasteiger partial charge in [0.05, 0.1) is 17.6 Å². The van der Waals surface area contributed by atoms with E-state index in [0.29, 0.717) is 22.5 Å². The van der Waals surface area contributed by atoms with E-state index in [0.717, 1.165) is 10.4 Å². The van der Waals surface area contributed by atoms with E-state index >= 15 is 0 Å². The molecule has 0 radical (unpaired) electrons. The molecule has 3 heterocycles. The standard InChI is InChI=1S/C20H16FN5OS/c1-26-11-14(10-24-26)13-7-15(21)19(23-9-13)20(27)25-17-8-12(4-5-16(17)22)18-3-2-6-28-18/h2-11H,22H2,1H3,(H,25,27). The Balaban J connectivity index is 1.59. The lowest BCUT2D eigenvalue weighted by atomic mass is 10.1. The van der Waals surface area contributed by atoms with Gasteiger partial charge in [-0.05, 0) is 35.2 Å². The maximum Gasteiger partial charge on any atom is 0.277 e. The maximum absolute atomic E-state index is 14.5. The summed E-state index contributed by atoms with van der Waals surface area (Å²) in [4.78, 5) is 17.6. The van der Waals surface area contributed by atoms with Gasteiger partial charge in [-0.15, -0.1) is 11.3 Å². The molecule has 3 N–H and O–H groups in total. The summed E-state index contributed by atoms with van der Waals surface area (Å²) < 4.78 is 16.1. The zero-order valence-corrected chi connectivity index (χ0v) is 15.7. The van der Waals surface area contributed by atoms with Crippen LogP contribution < -0.4 is 11.1 Å². The second kappa shape index (κ2) is 7.24. The fourth-order valence-electron chi connectivity index (χ4n) is 2.78. The number of carbonyl (C=O) groups is 1. The second-order valence-corrected chi connectivity index (χ2v) is 7.14. The second-order valence-electron chi connectivity index (χ2n) is 6.19. The van der Waals surface area contributed by atoms with Crippen LogP contribution in [0.25, 0.3) is 21.6 Å². The van der Waals surface area contributed by atoms with Crippen LogP contribution >= 0.6 is 11.3 Å². The Morgan fingerprint density at radius 2 is 2.04 bits per heavy atom. The fourth-order valence-corrected chi connectivity index (χ4v) is 3.50. The number of anilines is 2. The van der Waals surface area contributed by atoms with Gasteiger partial charge in [-0.25, -0.2) is 9.37 Å². The van der Waals surface area contributed by atoms with E-state index in [2.05, 4.69) is 15.4 Å². The molecular formula is C20H16FN5OS. The van der Waals surface area contributed by atoms with E-state index in [1.807, 2.05) is 23.6 Å². The van der Waals surface area contributed by atoms with Crippen LogP contribution in [0.15, 0.2) is 60.4 Å². The molecule has 0 fully saturated rings. The first kappa shape index (κ1) is 17.9. The van der Waals surface area contributed by atoms with Crippen LogP contribution in [0.2, 0.25) is 0 Å². The highest BCUT2D eigenvalue weighted by Crippen LogP contribution is 2.30. The van der Waals surface area contributed by atoms with Crippen molar-refractivity contribution in [1.29, 1.82) is 0 Å². The number of pyridine rings is 1. The number of nitrogens with zero attached hydrogens (tertiary/aromatic N) is 3. The molecule has 0 saturated heterocycles. The number of hydrogen-bond donors (Lipinski definition) is 2. The van der Waals surface area contributed by atoms with Gasteiger partial charge in [0, 0.05) is 35.4 Å². The molecule has 1 amide bonds. The lowest BCUT2D eigenvalue weighted by molar-refractivity contribution is 0.101. The molecule has 0 unspecified atom stereocenters. The number of hydrogen-bond acceptors (Lipinski definition) is 5. The molecule has 6 nitrogen and oxygen atoms in total. The predicted octanol–water partition coefficient (Wildman–Crippen LogP) is 4.18. The Morgan fingerprint density at radius 3 is 2.71 bits per heavy atom. The van der Waals surface area contributed by atoms with Gasteiger partial charge in [-0.3, -0.25) is 9.48 Å². The summed E-state index contributed by atoms with van der Waals surface area (Å²) in [6, 6.07) is 10.5. The Kier molecular flexibility index (Phi) is 4.62. The fraction of sp³-hybridized carbons (Fsp3) is 0.0500. The topological polar surface area (TPSA) is 85.8 Å². The highest BCUT2D eigenvalue weighted by atomic mass is 32.1. The zero-order valence-electron chi connectivity index (χ0n) is 14.9. The number of halogens is 1. The molecule has 0 aliphatic rings. The molecule has 1 aromatic carbocycles. The number of rotatable bonds is 4. The van der Waals surface area contributed by atoms with E-state index in [4.69, 9.17) is 5.73 Å². The minimum atomic E-state index is -0.716. The molecule has 8 heteroatoms. The van der Waals surface area contributed by atoms with E-state index in [9.17, 15) is 9.18 Å². The summed E-state index contributed by atoms with van der Waals surface area (Å²) in [6.45, 7) is 0. The van der Waals surface area contributed by atoms with Crippen molar-refractivity contribution in [1.82, 2.24) is 14.8 Å². The van der Waals surface area contributed by atoms with Crippen LogP contribution in [-0.4, -0.2) is 20.7 Å². The maximum atomic E-state index is 14.5. The Morgan fingerprint density at radius 1 is 1.18 bits per heavy atom. The number of benzene rings is 1. The molecule has 0 bridgehead atoms. The van der Waals surface area contributed by atoms with Crippen molar-refractivity contribution in [3.8, 4) is 21.6 Å². The Labute approximate surface area is 164 Å². The highest BCUT2D eigenvalue weighted by molar-refractivity contribution is 7.13. The van der Waals surface area contributed by atoms with Gasteiger partial charge < -0.3 is 11.1 Å². The van der Waals surface area contributed by atoms with Crippen molar-refractivity contribution in [2.24, 2.45) is 7.05 Å². The molecule has 4 aromatic rings. The van der Waals surface area contributed by atoms with Gasteiger partial charge in [0.1, 0.15) is 0 Å². The summed E-state index contributed by atoms with van der Waals surface area (Å²) in [5, 5.41) is 8.67. The molecule has 4 rings (SSSR count). The number of nitrogens with one attached hydrogen (secondary N) is 1. The van der Waals surface area contributed by atoms with Gasteiger partial charge in [0.25, 0.3) is 5.91 Å². The molecule has 3 aromatic heterocycles. The molecule has 0 saturated carbocycles. The predicted molar refractivity (Wildman–Crippen MR) is 109 cm³/mol. The molecule has 0 spiro atoms. The minimum Gasteiger partial charge on any atom is -0.397 e. The van der Waals surface area contributed by atoms with Gasteiger partial charge in [-0.2, -0.15) is 5.10 Å². The first-order valence-electron chi connectivity index (χ1n) is 8.40. The molecular weight excluding hydrogens is 377 g/mol.